The molecule has 1 fully saturated rings. The lowest BCUT2D eigenvalue weighted by atomic mass is 9.98. The normalized spacial score (nSPS) is 18.2. The molecule has 0 bridgehead atoms. The molecule has 0 saturated carbocycles. The first-order chi connectivity index (χ1) is 10.6. The van der Waals surface area contributed by atoms with Gasteiger partial charge in [-0.05, 0) is 44.6 Å². The highest BCUT2D eigenvalue weighted by Gasteiger charge is 2.23. The van der Waals surface area contributed by atoms with E-state index in [1.165, 1.54) is 0 Å². The number of rotatable bonds is 4. The van der Waals surface area contributed by atoms with Crippen LogP contribution in [0.2, 0.25) is 0 Å². The third-order valence-corrected chi connectivity index (χ3v) is 4.07. The Morgan fingerprint density at radius 1 is 1.50 bits per heavy atom. The molecule has 1 aliphatic heterocycles. The molecule has 1 aliphatic rings. The molecule has 118 valence electrons. The van der Waals surface area contributed by atoms with Gasteiger partial charge in [0.25, 0.3) is 0 Å². The predicted molar refractivity (Wildman–Crippen MR) is 90.6 cm³/mol. The van der Waals surface area contributed by atoms with E-state index in [-0.39, 0.29) is 11.8 Å². The molecular weight excluding hydrogens is 344 g/mol. The van der Waals surface area contributed by atoms with Crippen molar-refractivity contribution in [3.8, 4) is 17.6 Å². The van der Waals surface area contributed by atoms with Crippen LogP contribution < -0.4 is 10.1 Å². The molecule has 1 saturated heterocycles. The number of benzene rings is 1. The van der Waals surface area contributed by atoms with Crippen LogP contribution in [0.1, 0.15) is 12.8 Å². The molecule has 1 aromatic rings. The summed E-state index contributed by atoms with van der Waals surface area (Å²) in [6.07, 6.45) is 2.05. The zero-order chi connectivity index (χ0) is 15.8. The van der Waals surface area contributed by atoms with Gasteiger partial charge in [0.1, 0.15) is 12.4 Å². The highest BCUT2D eigenvalue weighted by molar-refractivity contribution is 9.10. The number of amides is 1. The zero-order valence-electron chi connectivity index (χ0n) is 12.8. The Balaban J connectivity index is 1.65. The molecule has 1 heterocycles. The van der Waals surface area contributed by atoms with Crippen LogP contribution >= 0.6 is 15.9 Å². The van der Waals surface area contributed by atoms with Crippen LogP contribution in [-0.4, -0.2) is 44.1 Å². The third-order valence-electron chi connectivity index (χ3n) is 3.58. The summed E-state index contributed by atoms with van der Waals surface area (Å²) in [5, 5.41) is 2.88. The maximum absolute atomic E-state index is 12.0. The van der Waals surface area contributed by atoms with Crippen molar-refractivity contribution in [2.45, 2.75) is 12.8 Å². The summed E-state index contributed by atoms with van der Waals surface area (Å²) in [6.45, 7) is 2.61. The van der Waals surface area contributed by atoms with E-state index in [1.807, 2.05) is 24.3 Å². The number of nitrogens with one attached hydrogen (secondary N) is 1. The predicted octanol–water partition coefficient (Wildman–Crippen LogP) is 2.29. The van der Waals surface area contributed by atoms with E-state index in [2.05, 4.69) is 45.0 Å². The largest absolute Gasteiger partial charge is 0.481 e. The van der Waals surface area contributed by atoms with Crippen LogP contribution in [0.5, 0.6) is 5.75 Å². The smallest absolute Gasteiger partial charge is 0.225 e. The van der Waals surface area contributed by atoms with Gasteiger partial charge in [-0.15, -0.1) is 0 Å². The Kier molecular flexibility index (Phi) is 6.75. The van der Waals surface area contributed by atoms with E-state index >= 15 is 0 Å². The Hall–Kier alpha value is -1.51. The lowest BCUT2D eigenvalue weighted by molar-refractivity contribution is -0.126. The fourth-order valence-corrected chi connectivity index (χ4v) is 2.82. The quantitative estimate of drug-likeness (QED) is 0.833. The van der Waals surface area contributed by atoms with Gasteiger partial charge < -0.3 is 15.0 Å². The summed E-state index contributed by atoms with van der Waals surface area (Å²) in [6, 6.07) is 7.63. The van der Waals surface area contributed by atoms with E-state index in [0.29, 0.717) is 13.2 Å². The minimum atomic E-state index is 0.0958. The number of hydrogen-bond acceptors (Lipinski definition) is 3. The summed E-state index contributed by atoms with van der Waals surface area (Å²) < 4.78 is 6.48. The van der Waals surface area contributed by atoms with Crippen molar-refractivity contribution in [2.75, 3.05) is 33.3 Å². The standard InChI is InChI=1S/C17H21BrN2O2/c1-20-10-5-6-14(13-20)17(21)19-9-2-3-11-22-16-8-4-7-15(18)12-16/h4,7-8,12,14H,5-6,9-11,13H2,1H3,(H,19,21). The first-order valence-electron chi connectivity index (χ1n) is 7.45. The van der Waals surface area contributed by atoms with Gasteiger partial charge in [-0.3, -0.25) is 4.79 Å². The summed E-state index contributed by atoms with van der Waals surface area (Å²) in [5.41, 5.74) is 0. The van der Waals surface area contributed by atoms with Gasteiger partial charge in [0.05, 0.1) is 12.5 Å². The van der Waals surface area contributed by atoms with Crippen molar-refractivity contribution in [1.82, 2.24) is 10.2 Å². The monoisotopic (exact) mass is 364 g/mol. The first kappa shape index (κ1) is 16.9. The van der Waals surface area contributed by atoms with E-state index in [1.54, 1.807) is 0 Å². The fourth-order valence-electron chi connectivity index (χ4n) is 2.45. The van der Waals surface area contributed by atoms with E-state index in [9.17, 15) is 4.79 Å². The minimum Gasteiger partial charge on any atom is -0.481 e. The van der Waals surface area contributed by atoms with Crippen molar-refractivity contribution >= 4 is 21.8 Å². The van der Waals surface area contributed by atoms with Crippen LogP contribution in [0.3, 0.4) is 0 Å². The second-order valence-corrected chi connectivity index (χ2v) is 6.33. The Labute approximate surface area is 140 Å². The molecule has 5 heteroatoms. The highest BCUT2D eigenvalue weighted by Crippen LogP contribution is 2.17. The molecule has 0 radical (unpaired) electrons. The molecule has 0 aromatic heterocycles. The topological polar surface area (TPSA) is 41.6 Å². The third kappa shape index (κ3) is 5.70. The lowest BCUT2D eigenvalue weighted by Crippen LogP contribution is -2.41. The SMILES string of the molecule is CN1CCCC(C(=O)NCC#CCOc2cccc(Br)c2)C1. The summed E-state index contributed by atoms with van der Waals surface area (Å²) in [5.74, 6) is 6.80. The van der Waals surface area contributed by atoms with Crippen LogP contribution in [-0.2, 0) is 4.79 Å². The first-order valence-corrected chi connectivity index (χ1v) is 8.25. The number of carbonyl (C=O) groups is 1. The molecule has 2 rings (SSSR count). The van der Waals surface area contributed by atoms with Gasteiger partial charge in [0.15, 0.2) is 0 Å². The lowest BCUT2D eigenvalue weighted by Gasteiger charge is -2.28. The summed E-state index contributed by atoms with van der Waals surface area (Å²) in [7, 11) is 2.05. The van der Waals surface area contributed by atoms with Gasteiger partial charge in [-0.2, -0.15) is 0 Å². The molecule has 0 aliphatic carbocycles. The highest BCUT2D eigenvalue weighted by atomic mass is 79.9. The molecule has 22 heavy (non-hydrogen) atoms. The van der Waals surface area contributed by atoms with Gasteiger partial charge >= 0.3 is 0 Å². The van der Waals surface area contributed by atoms with Crippen LogP contribution in [0, 0.1) is 17.8 Å². The van der Waals surface area contributed by atoms with Crippen LogP contribution in [0.25, 0.3) is 0 Å². The average molecular weight is 365 g/mol. The van der Waals surface area contributed by atoms with E-state index in [0.717, 1.165) is 36.2 Å². The molecule has 1 unspecified atom stereocenters. The van der Waals surface area contributed by atoms with Crippen molar-refractivity contribution in [2.24, 2.45) is 5.92 Å². The second-order valence-electron chi connectivity index (χ2n) is 5.42. The Morgan fingerprint density at radius 3 is 3.14 bits per heavy atom. The van der Waals surface area contributed by atoms with Crippen molar-refractivity contribution in [1.29, 1.82) is 0 Å². The van der Waals surface area contributed by atoms with Crippen molar-refractivity contribution in [3.05, 3.63) is 28.7 Å². The second kappa shape index (κ2) is 8.82. The molecule has 1 N–H and O–H groups in total. The maximum Gasteiger partial charge on any atom is 0.225 e. The Bertz CT molecular complexity index is 565. The van der Waals surface area contributed by atoms with Gasteiger partial charge in [0, 0.05) is 11.0 Å². The fraction of sp³-hybridized carbons (Fsp3) is 0.471. The van der Waals surface area contributed by atoms with Gasteiger partial charge in [-0.25, -0.2) is 0 Å². The number of hydrogen-bond donors (Lipinski definition) is 1. The molecule has 1 amide bonds. The van der Waals surface area contributed by atoms with Crippen molar-refractivity contribution < 1.29 is 9.53 Å². The molecule has 1 atom stereocenters. The number of ether oxygens (including phenoxy) is 1. The van der Waals surface area contributed by atoms with Crippen LogP contribution in [0.15, 0.2) is 28.7 Å². The number of piperidine rings is 1. The zero-order valence-corrected chi connectivity index (χ0v) is 14.4. The van der Waals surface area contributed by atoms with Crippen molar-refractivity contribution in [3.63, 3.8) is 0 Å². The summed E-state index contributed by atoms with van der Waals surface area (Å²) in [4.78, 5) is 14.2. The van der Waals surface area contributed by atoms with Crippen LogP contribution in [0.4, 0.5) is 0 Å². The minimum absolute atomic E-state index is 0.0958. The number of carbonyl (C=O) groups excluding carboxylic acids is 1. The molecule has 0 spiro atoms. The maximum atomic E-state index is 12.0. The Morgan fingerprint density at radius 2 is 2.36 bits per heavy atom. The number of likely N-dealkylation sites (tertiary alicyclic amines) is 1. The summed E-state index contributed by atoms with van der Waals surface area (Å²) >= 11 is 3.39. The van der Waals surface area contributed by atoms with E-state index in [4.69, 9.17) is 4.74 Å². The molecule has 1 aromatic carbocycles. The van der Waals surface area contributed by atoms with E-state index < -0.39 is 0 Å². The number of nitrogens with zero attached hydrogens (tertiary/aromatic N) is 1. The average Bonchev–Trinajstić information content (AvgIpc) is 2.50. The van der Waals surface area contributed by atoms with Gasteiger partial charge in [-0.1, -0.05) is 33.8 Å². The molecular formula is C17H21BrN2O2. The van der Waals surface area contributed by atoms with Gasteiger partial charge in [0.2, 0.25) is 5.91 Å². The molecule has 4 nitrogen and oxygen atoms in total. The number of halogens is 1.